The molecule has 1 aromatic carbocycles. The molecule has 0 aliphatic heterocycles. The highest BCUT2D eigenvalue weighted by Gasteiger charge is 2.09. The second-order valence-electron chi connectivity index (χ2n) is 5.02. The van der Waals surface area contributed by atoms with Crippen LogP contribution in [0.4, 0.5) is 0 Å². The van der Waals surface area contributed by atoms with Gasteiger partial charge in [-0.3, -0.25) is 9.59 Å². The van der Waals surface area contributed by atoms with Crippen LogP contribution in [-0.4, -0.2) is 25.2 Å². The van der Waals surface area contributed by atoms with Gasteiger partial charge < -0.3 is 9.47 Å². The summed E-state index contributed by atoms with van der Waals surface area (Å²) in [6.45, 7) is 2.81. The summed E-state index contributed by atoms with van der Waals surface area (Å²) in [6.07, 6.45) is 3.76. The van der Waals surface area contributed by atoms with Gasteiger partial charge in [0.1, 0.15) is 0 Å². The molecule has 0 heterocycles. The van der Waals surface area contributed by atoms with E-state index in [1.807, 2.05) is 12.1 Å². The number of benzene rings is 1. The van der Waals surface area contributed by atoms with E-state index in [1.165, 1.54) is 0 Å². The maximum atomic E-state index is 11.5. The van der Waals surface area contributed by atoms with Gasteiger partial charge in [0, 0.05) is 11.4 Å². The summed E-state index contributed by atoms with van der Waals surface area (Å²) in [4.78, 5) is 22.9. The average Bonchev–Trinajstić information content (AvgIpc) is 2.51. The lowest BCUT2D eigenvalue weighted by Crippen LogP contribution is -2.12. The minimum atomic E-state index is -0.375. The molecule has 0 amide bonds. The van der Waals surface area contributed by atoms with Gasteiger partial charge in [-0.1, -0.05) is 43.5 Å². The second-order valence-corrected chi connectivity index (χ2v) is 5.46. The molecule has 4 nitrogen and oxygen atoms in total. The van der Waals surface area contributed by atoms with E-state index in [0.717, 1.165) is 24.8 Å². The van der Waals surface area contributed by atoms with E-state index < -0.39 is 0 Å². The summed E-state index contributed by atoms with van der Waals surface area (Å²) in [5, 5.41) is 0.679. The molecule has 0 N–H and O–H groups in total. The zero-order valence-electron chi connectivity index (χ0n) is 13.0. The van der Waals surface area contributed by atoms with Crippen LogP contribution in [0.2, 0.25) is 5.02 Å². The first-order valence-electron chi connectivity index (χ1n) is 7.67. The fourth-order valence-electron chi connectivity index (χ4n) is 1.82. The van der Waals surface area contributed by atoms with Crippen molar-refractivity contribution < 1.29 is 19.1 Å². The van der Waals surface area contributed by atoms with Crippen LogP contribution in [0.25, 0.3) is 0 Å². The molecule has 22 heavy (non-hydrogen) atoms. The Morgan fingerprint density at radius 1 is 0.955 bits per heavy atom. The molecule has 0 radical (unpaired) electrons. The summed E-state index contributed by atoms with van der Waals surface area (Å²) in [6, 6.07) is 7.38. The zero-order valence-corrected chi connectivity index (χ0v) is 13.7. The summed E-state index contributed by atoms with van der Waals surface area (Å²) in [5.41, 5.74) is 1.05. The monoisotopic (exact) mass is 326 g/mol. The molecule has 1 aromatic rings. The van der Waals surface area contributed by atoms with Gasteiger partial charge >= 0.3 is 11.9 Å². The number of carbonyl (C=O) groups excluding carboxylic acids is 2. The lowest BCUT2D eigenvalue weighted by Gasteiger charge is -2.06. The maximum Gasteiger partial charge on any atom is 0.306 e. The summed E-state index contributed by atoms with van der Waals surface area (Å²) in [7, 11) is 0. The number of rotatable bonds is 10. The number of ether oxygens (including phenoxy) is 2. The Morgan fingerprint density at radius 2 is 1.55 bits per heavy atom. The van der Waals surface area contributed by atoms with E-state index in [-0.39, 0.29) is 24.8 Å². The quantitative estimate of drug-likeness (QED) is 0.482. The lowest BCUT2D eigenvalue weighted by molar-refractivity contribution is -0.150. The molecule has 5 heteroatoms. The molecule has 0 aromatic heterocycles. The van der Waals surface area contributed by atoms with E-state index in [4.69, 9.17) is 21.1 Å². The van der Waals surface area contributed by atoms with Crippen LogP contribution >= 0.6 is 11.6 Å². The van der Waals surface area contributed by atoms with Crippen molar-refractivity contribution in [1.29, 1.82) is 0 Å². The smallest absolute Gasteiger partial charge is 0.306 e. The van der Waals surface area contributed by atoms with Gasteiger partial charge in [-0.05, 0) is 24.1 Å². The number of esters is 2. The second kappa shape index (κ2) is 11.1. The van der Waals surface area contributed by atoms with Gasteiger partial charge in [0.05, 0.1) is 26.1 Å². The molecule has 0 fully saturated rings. The van der Waals surface area contributed by atoms with Crippen molar-refractivity contribution in [1.82, 2.24) is 0 Å². The first kappa shape index (κ1) is 18.5. The molecule has 0 saturated carbocycles. The number of carbonyl (C=O) groups is 2. The van der Waals surface area contributed by atoms with Crippen LogP contribution < -0.4 is 0 Å². The molecule has 0 saturated heterocycles. The Bertz CT molecular complexity index is 456. The Hall–Kier alpha value is -1.55. The summed E-state index contributed by atoms with van der Waals surface area (Å²) < 4.78 is 10.1. The lowest BCUT2D eigenvalue weighted by atomic mass is 10.2. The predicted molar refractivity (Wildman–Crippen MR) is 85.8 cm³/mol. The number of unbranched alkanes of at least 4 members (excludes halogenated alkanes) is 2. The first-order chi connectivity index (χ1) is 10.6. The van der Waals surface area contributed by atoms with Crippen LogP contribution in [-0.2, 0) is 25.5 Å². The number of halogens is 1. The Kier molecular flexibility index (Phi) is 9.31. The normalized spacial score (nSPS) is 10.3. The van der Waals surface area contributed by atoms with Crippen molar-refractivity contribution in [3.8, 4) is 0 Å². The third-order valence-electron chi connectivity index (χ3n) is 3.11. The van der Waals surface area contributed by atoms with Crippen molar-refractivity contribution >= 4 is 23.5 Å². The van der Waals surface area contributed by atoms with E-state index in [1.54, 1.807) is 12.1 Å². The zero-order chi connectivity index (χ0) is 16.2. The maximum absolute atomic E-state index is 11.5. The van der Waals surface area contributed by atoms with Gasteiger partial charge in [-0.15, -0.1) is 0 Å². The van der Waals surface area contributed by atoms with E-state index >= 15 is 0 Å². The molecule has 0 aliphatic carbocycles. The fraction of sp³-hybridized carbons (Fsp3) is 0.529. The molecular weight excluding hydrogens is 304 g/mol. The molecule has 0 bridgehead atoms. The molecule has 0 aliphatic rings. The predicted octanol–water partition coefficient (Wildman–Crippen LogP) is 3.94. The van der Waals surface area contributed by atoms with Crippen LogP contribution in [0.5, 0.6) is 0 Å². The van der Waals surface area contributed by atoms with Crippen LogP contribution in [0, 0.1) is 0 Å². The highest BCUT2D eigenvalue weighted by Crippen LogP contribution is 2.10. The SMILES string of the molecule is CCCCCOC(=O)CCC(=O)OCCc1ccc(Cl)cc1. The van der Waals surface area contributed by atoms with E-state index in [9.17, 15) is 9.59 Å². The standard InChI is InChI=1S/C17H23ClO4/c1-2-3-4-12-21-16(19)9-10-17(20)22-13-11-14-5-7-15(18)8-6-14/h5-8H,2-4,9-13H2,1H3. The van der Waals surface area contributed by atoms with Crippen LogP contribution in [0.15, 0.2) is 24.3 Å². The van der Waals surface area contributed by atoms with Crippen molar-refractivity contribution in [3.05, 3.63) is 34.9 Å². The van der Waals surface area contributed by atoms with Crippen molar-refractivity contribution in [3.63, 3.8) is 0 Å². The molecule has 0 spiro atoms. The average molecular weight is 327 g/mol. The first-order valence-corrected chi connectivity index (χ1v) is 8.05. The van der Waals surface area contributed by atoms with Crippen molar-refractivity contribution in [2.45, 2.75) is 45.4 Å². The van der Waals surface area contributed by atoms with Gasteiger partial charge in [0.15, 0.2) is 0 Å². The molecule has 1 rings (SSSR count). The molecular formula is C17H23ClO4. The largest absolute Gasteiger partial charge is 0.466 e. The molecule has 122 valence electrons. The molecule has 0 unspecified atom stereocenters. The highest BCUT2D eigenvalue weighted by atomic mass is 35.5. The third kappa shape index (κ3) is 8.67. The third-order valence-corrected chi connectivity index (χ3v) is 3.36. The van der Waals surface area contributed by atoms with Gasteiger partial charge in [-0.25, -0.2) is 0 Å². The van der Waals surface area contributed by atoms with Gasteiger partial charge in [0.2, 0.25) is 0 Å². The van der Waals surface area contributed by atoms with Crippen molar-refractivity contribution in [2.75, 3.05) is 13.2 Å². The minimum Gasteiger partial charge on any atom is -0.466 e. The topological polar surface area (TPSA) is 52.6 Å². The Morgan fingerprint density at radius 3 is 2.14 bits per heavy atom. The molecule has 0 atom stereocenters. The number of hydrogen-bond donors (Lipinski definition) is 0. The fourth-order valence-corrected chi connectivity index (χ4v) is 1.95. The van der Waals surface area contributed by atoms with Crippen LogP contribution in [0.1, 0.15) is 44.6 Å². The van der Waals surface area contributed by atoms with E-state index in [0.29, 0.717) is 24.7 Å². The highest BCUT2D eigenvalue weighted by molar-refractivity contribution is 6.30. The van der Waals surface area contributed by atoms with Crippen molar-refractivity contribution in [2.24, 2.45) is 0 Å². The van der Waals surface area contributed by atoms with Crippen LogP contribution in [0.3, 0.4) is 0 Å². The summed E-state index contributed by atoms with van der Waals surface area (Å²) in [5.74, 6) is -0.717. The van der Waals surface area contributed by atoms with Gasteiger partial charge in [-0.2, -0.15) is 0 Å². The van der Waals surface area contributed by atoms with Gasteiger partial charge in [0.25, 0.3) is 0 Å². The van der Waals surface area contributed by atoms with E-state index in [2.05, 4.69) is 6.92 Å². The Balaban J connectivity index is 2.08. The Labute approximate surface area is 136 Å². The minimum absolute atomic E-state index is 0.0627. The summed E-state index contributed by atoms with van der Waals surface area (Å²) >= 11 is 5.79. The number of hydrogen-bond acceptors (Lipinski definition) is 4.